The van der Waals surface area contributed by atoms with Crippen molar-refractivity contribution < 1.29 is 43.4 Å². The monoisotopic (exact) mass is 519 g/mol. The number of nitrogens with one attached hydrogen (secondary N) is 1. The van der Waals surface area contributed by atoms with Gasteiger partial charge in [-0.25, -0.2) is 8.42 Å². The maximum atomic E-state index is 13.3. The van der Waals surface area contributed by atoms with Gasteiger partial charge in [0.1, 0.15) is 17.1 Å². The molecule has 0 aliphatic rings. The number of carbonyl (C=O) groups is 1. The summed E-state index contributed by atoms with van der Waals surface area (Å²) in [5, 5.41) is 0.352. The second-order valence-corrected chi connectivity index (χ2v) is 10.7. The van der Waals surface area contributed by atoms with E-state index in [0.29, 0.717) is 29.6 Å². The molecule has 0 spiro atoms. The Morgan fingerprint density at radius 3 is 2.26 bits per heavy atom. The highest BCUT2D eigenvalue weighted by Gasteiger charge is 2.48. The lowest BCUT2D eigenvalue weighted by Crippen LogP contribution is -2.28. The van der Waals surface area contributed by atoms with Crippen LogP contribution in [0.4, 0.5) is 18.9 Å². The molecular weight excluding hydrogens is 499 g/mol. The van der Waals surface area contributed by atoms with Gasteiger partial charge in [-0.2, -0.15) is 21.6 Å². The van der Waals surface area contributed by atoms with Gasteiger partial charge in [0.05, 0.1) is 11.8 Å². The number of halogens is 3. The molecule has 1 heterocycles. The summed E-state index contributed by atoms with van der Waals surface area (Å²) >= 11 is 0. The summed E-state index contributed by atoms with van der Waals surface area (Å²) in [6, 6.07) is 8.58. The number of benzene rings is 2. The largest absolute Gasteiger partial charge is 0.534 e. The van der Waals surface area contributed by atoms with Crippen molar-refractivity contribution in [1.82, 2.24) is 0 Å². The average Bonchev–Trinajstić information content (AvgIpc) is 3.07. The highest BCUT2D eigenvalue weighted by Crippen LogP contribution is 2.33. The van der Waals surface area contributed by atoms with Crippen molar-refractivity contribution >= 4 is 42.6 Å². The smallest absolute Gasteiger partial charge is 0.460 e. The molecule has 0 bridgehead atoms. The van der Waals surface area contributed by atoms with Gasteiger partial charge in [0.25, 0.3) is 0 Å². The number of fused-ring (bicyclic) bond motifs is 1. The van der Waals surface area contributed by atoms with Crippen LogP contribution in [0.15, 0.2) is 46.9 Å². The molecule has 0 amide bonds. The van der Waals surface area contributed by atoms with Gasteiger partial charge >= 0.3 is 15.6 Å². The van der Waals surface area contributed by atoms with E-state index >= 15 is 0 Å². The number of unbranched alkanes of at least 4 members (excludes halogenated alkanes) is 1. The molecule has 0 radical (unpaired) electrons. The van der Waals surface area contributed by atoms with Crippen LogP contribution in [0, 0.1) is 0 Å². The molecule has 184 valence electrons. The van der Waals surface area contributed by atoms with E-state index in [2.05, 4.69) is 8.91 Å². The normalized spacial score (nSPS) is 12.6. The van der Waals surface area contributed by atoms with Gasteiger partial charge in [0, 0.05) is 23.1 Å². The quantitative estimate of drug-likeness (QED) is 0.249. The van der Waals surface area contributed by atoms with Crippen LogP contribution in [0.1, 0.15) is 41.4 Å². The molecule has 0 unspecified atom stereocenters. The van der Waals surface area contributed by atoms with Crippen molar-refractivity contribution in [1.29, 1.82) is 0 Å². The molecular formula is C21H20F3NO7S2. The Morgan fingerprint density at radius 1 is 1.06 bits per heavy atom. The third-order valence-corrected chi connectivity index (χ3v) is 6.24. The summed E-state index contributed by atoms with van der Waals surface area (Å²) < 4.78 is 95.3. The first kappa shape index (κ1) is 25.6. The van der Waals surface area contributed by atoms with E-state index in [1.165, 1.54) is 18.2 Å². The first-order chi connectivity index (χ1) is 15.7. The van der Waals surface area contributed by atoms with E-state index in [0.717, 1.165) is 36.9 Å². The minimum absolute atomic E-state index is 0.0404. The van der Waals surface area contributed by atoms with Crippen molar-refractivity contribution in [2.75, 3.05) is 11.0 Å². The molecule has 1 N–H and O–H groups in total. The zero-order valence-corrected chi connectivity index (χ0v) is 19.6. The Kier molecular flexibility index (Phi) is 6.99. The van der Waals surface area contributed by atoms with E-state index < -0.39 is 37.2 Å². The first-order valence-corrected chi connectivity index (χ1v) is 13.2. The minimum Gasteiger partial charge on any atom is -0.460 e. The molecule has 0 atom stereocenters. The molecule has 8 nitrogen and oxygen atoms in total. The fourth-order valence-electron chi connectivity index (χ4n) is 3.17. The number of furan rings is 1. The third kappa shape index (κ3) is 5.70. The number of aryl methyl sites for hydroxylation is 1. The topological polar surface area (TPSA) is 120 Å². The molecule has 2 aromatic carbocycles. The molecule has 0 saturated carbocycles. The SMILES string of the molecule is CCCCc1oc2ccc(NS(C)(=O)=O)cc2c1C(=O)c1ccc(OS(=O)(=O)C(F)(F)F)cc1. The minimum atomic E-state index is -5.85. The van der Waals surface area contributed by atoms with Crippen LogP contribution < -0.4 is 8.91 Å². The number of hydrogen-bond donors (Lipinski definition) is 1. The van der Waals surface area contributed by atoms with Gasteiger partial charge in [-0.3, -0.25) is 9.52 Å². The molecule has 34 heavy (non-hydrogen) atoms. The highest BCUT2D eigenvalue weighted by atomic mass is 32.2. The zero-order chi connectivity index (χ0) is 25.3. The predicted molar refractivity (Wildman–Crippen MR) is 119 cm³/mol. The van der Waals surface area contributed by atoms with Crippen LogP contribution in [0.3, 0.4) is 0 Å². The summed E-state index contributed by atoms with van der Waals surface area (Å²) in [6.45, 7) is 1.95. The van der Waals surface area contributed by atoms with Crippen molar-refractivity contribution in [3.05, 3.63) is 59.4 Å². The molecule has 13 heteroatoms. The summed E-state index contributed by atoms with van der Waals surface area (Å²) in [5.41, 5.74) is -4.81. The van der Waals surface area contributed by atoms with Gasteiger partial charge in [0.15, 0.2) is 5.78 Å². The van der Waals surface area contributed by atoms with Crippen LogP contribution in [-0.4, -0.2) is 34.4 Å². The van der Waals surface area contributed by atoms with E-state index in [1.807, 2.05) is 6.92 Å². The second kappa shape index (κ2) is 9.29. The van der Waals surface area contributed by atoms with Crippen molar-refractivity contribution in [2.24, 2.45) is 0 Å². The van der Waals surface area contributed by atoms with Crippen LogP contribution in [0.25, 0.3) is 11.0 Å². The van der Waals surface area contributed by atoms with Gasteiger partial charge in [0.2, 0.25) is 10.0 Å². The average molecular weight is 520 g/mol. The third-order valence-electron chi connectivity index (χ3n) is 4.65. The Morgan fingerprint density at radius 2 is 1.71 bits per heavy atom. The number of anilines is 1. The maximum absolute atomic E-state index is 13.3. The number of alkyl halides is 3. The lowest BCUT2D eigenvalue weighted by Gasteiger charge is -2.10. The van der Waals surface area contributed by atoms with Crippen LogP contribution in [0.2, 0.25) is 0 Å². The summed E-state index contributed by atoms with van der Waals surface area (Å²) in [6.07, 6.45) is 2.92. The fourth-order valence-corrected chi connectivity index (χ4v) is 4.18. The molecule has 1 aromatic heterocycles. The Balaban J connectivity index is 2.02. The first-order valence-electron chi connectivity index (χ1n) is 9.90. The molecule has 0 aliphatic heterocycles. The standard InChI is InChI=1S/C21H20F3NO7S2/c1-3-4-5-18-19(16-12-14(25-33(2,27)28)8-11-17(16)31-18)20(26)13-6-9-15(10-7-13)32-34(29,30)21(22,23)24/h6-12,25H,3-5H2,1-2H3. The van der Waals surface area contributed by atoms with E-state index in [9.17, 15) is 34.8 Å². The zero-order valence-electron chi connectivity index (χ0n) is 18.0. The molecule has 3 rings (SSSR count). The molecule has 3 aromatic rings. The number of carbonyl (C=O) groups excluding carboxylic acids is 1. The predicted octanol–water partition coefficient (Wildman–Crippen LogP) is 4.61. The van der Waals surface area contributed by atoms with Gasteiger partial charge in [-0.15, -0.1) is 0 Å². The van der Waals surface area contributed by atoms with E-state index in [1.54, 1.807) is 0 Å². The lowest BCUT2D eigenvalue weighted by atomic mass is 9.98. The second-order valence-electron chi connectivity index (χ2n) is 7.43. The molecule has 0 saturated heterocycles. The van der Waals surface area contributed by atoms with Crippen LogP contribution in [0.5, 0.6) is 5.75 Å². The van der Waals surface area contributed by atoms with E-state index in [-0.39, 0.29) is 16.8 Å². The van der Waals surface area contributed by atoms with E-state index in [4.69, 9.17) is 4.42 Å². The van der Waals surface area contributed by atoms with Gasteiger partial charge in [-0.1, -0.05) is 13.3 Å². The highest BCUT2D eigenvalue weighted by molar-refractivity contribution is 7.92. The summed E-state index contributed by atoms with van der Waals surface area (Å²) in [5.74, 6) is -0.776. The van der Waals surface area contributed by atoms with Crippen LogP contribution >= 0.6 is 0 Å². The van der Waals surface area contributed by atoms with Gasteiger partial charge in [-0.05, 0) is 48.9 Å². The Bertz CT molecular complexity index is 1430. The fraction of sp³-hybridized carbons (Fsp3) is 0.286. The summed E-state index contributed by atoms with van der Waals surface area (Å²) in [7, 11) is -9.43. The van der Waals surface area contributed by atoms with Gasteiger partial charge < -0.3 is 8.60 Å². The Labute approximate surface area is 193 Å². The summed E-state index contributed by atoms with van der Waals surface area (Å²) in [4.78, 5) is 13.3. The maximum Gasteiger partial charge on any atom is 0.534 e. The van der Waals surface area contributed by atoms with Crippen molar-refractivity contribution in [3.63, 3.8) is 0 Å². The molecule has 0 fully saturated rings. The Hall–Kier alpha value is -3.06. The molecule has 0 aliphatic carbocycles. The van der Waals surface area contributed by atoms with Crippen LogP contribution in [-0.2, 0) is 26.6 Å². The van der Waals surface area contributed by atoms with Crippen molar-refractivity contribution in [2.45, 2.75) is 31.7 Å². The number of hydrogen-bond acceptors (Lipinski definition) is 7. The van der Waals surface area contributed by atoms with Crippen molar-refractivity contribution in [3.8, 4) is 5.75 Å². The number of ketones is 1. The number of rotatable bonds is 9. The number of sulfonamides is 1. The lowest BCUT2D eigenvalue weighted by molar-refractivity contribution is -0.0500.